The highest BCUT2D eigenvalue weighted by atomic mass is 79.9. The Labute approximate surface area is 236 Å². The van der Waals surface area contributed by atoms with Gasteiger partial charge in [0.15, 0.2) is 0 Å². The monoisotopic (exact) mass is 561 g/mol. The van der Waals surface area contributed by atoms with Crippen LogP contribution in [-0.2, 0) is 0 Å². The Morgan fingerprint density at radius 2 is 0.821 bits per heavy atom. The molecular weight excluding hydrogens is 538 g/mol. The van der Waals surface area contributed by atoms with Crippen molar-refractivity contribution in [1.82, 2.24) is 4.98 Å². The van der Waals surface area contributed by atoms with Gasteiger partial charge in [0.1, 0.15) is 4.60 Å². The summed E-state index contributed by atoms with van der Waals surface area (Å²) in [6, 6.07) is 50.0. The first kappa shape index (κ1) is 23.6. The molecule has 0 unspecified atom stereocenters. The van der Waals surface area contributed by atoms with Gasteiger partial charge in [0.05, 0.1) is 0 Å². The van der Waals surface area contributed by atoms with Gasteiger partial charge in [-0.1, -0.05) is 127 Å². The van der Waals surface area contributed by atoms with Crippen molar-refractivity contribution in [2.75, 3.05) is 0 Å². The molecule has 0 aliphatic carbocycles. The molecule has 1 nitrogen and oxygen atoms in total. The van der Waals surface area contributed by atoms with E-state index in [0.717, 1.165) is 10.2 Å². The zero-order valence-corrected chi connectivity index (χ0v) is 22.8. The van der Waals surface area contributed by atoms with Crippen LogP contribution < -0.4 is 0 Å². The zero-order valence-electron chi connectivity index (χ0n) is 21.2. The van der Waals surface area contributed by atoms with Crippen LogP contribution in [-0.4, -0.2) is 4.98 Å². The van der Waals surface area contributed by atoms with Gasteiger partial charge in [0.25, 0.3) is 0 Å². The Kier molecular flexibility index (Phi) is 6.03. The SMILES string of the molecule is Brc1ccc(-c2c3ccccc3c(-c3ccc(-c4ccccc4)cc3)c3cc(-c4ccccc4)ccc23)cn1. The Hall–Kier alpha value is -4.53. The molecule has 7 rings (SSSR count). The first-order valence-corrected chi connectivity index (χ1v) is 13.9. The Morgan fingerprint density at radius 1 is 0.359 bits per heavy atom. The van der Waals surface area contributed by atoms with Crippen LogP contribution in [0.2, 0.25) is 0 Å². The second kappa shape index (κ2) is 9.98. The van der Waals surface area contributed by atoms with Gasteiger partial charge >= 0.3 is 0 Å². The molecule has 0 spiro atoms. The molecule has 39 heavy (non-hydrogen) atoms. The van der Waals surface area contributed by atoms with E-state index in [9.17, 15) is 0 Å². The van der Waals surface area contributed by atoms with Crippen molar-refractivity contribution < 1.29 is 0 Å². The van der Waals surface area contributed by atoms with Crippen LogP contribution in [0.25, 0.3) is 66.1 Å². The lowest BCUT2D eigenvalue weighted by molar-refractivity contribution is 1.28. The molecule has 184 valence electrons. The largest absolute Gasteiger partial charge is 0.249 e. The quantitative estimate of drug-likeness (QED) is 0.154. The molecule has 0 saturated heterocycles. The predicted octanol–water partition coefficient (Wildman–Crippen LogP) is 10.8. The van der Waals surface area contributed by atoms with E-state index in [-0.39, 0.29) is 0 Å². The van der Waals surface area contributed by atoms with Gasteiger partial charge < -0.3 is 0 Å². The standard InChI is InChI=1S/C37H24BrN/c38-35-22-20-30(24-39-35)37-32-14-8-7-13-31(32)36(28-17-15-27(16-18-28)25-9-3-1-4-10-25)34-23-29(19-21-33(34)37)26-11-5-2-6-12-26/h1-24H. The highest BCUT2D eigenvalue weighted by Crippen LogP contribution is 2.45. The number of pyridine rings is 1. The summed E-state index contributed by atoms with van der Waals surface area (Å²) in [6.07, 6.45) is 1.96. The molecule has 1 aromatic heterocycles. The molecule has 0 atom stereocenters. The van der Waals surface area contributed by atoms with Gasteiger partial charge in [-0.05, 0) is 88.6 Å². The van der Waals surface area contributed by atoms with Gasteiger partial charge in [0.2, 0.25) is 0 Å². The van der Waals surface area contributed by atoms with E-state index < -0.39 is 0 Å². The van der Waals surface area contributed by atoms with Gasteiger partial charge in [-0.3, -0.25) is 0 Å². The topological polar surface area (TPSA) is 12.9 Å². The molecule has 0 N–H and O–H groups in total. The second-order valence-electron chi connectivity index (χ2n) is 9.73. The van der Waals surface area contributed by atoms with Crippen molar-refractivity contribution in [3.05, 3.63) is 150 Å². The number of benzene rings is 6. The minimum absolute atomic E-state index is 0.835. The average molecular weight is 563 g/mol. The van der Waals surface area contributed by atoms with E-state index in [2.05, 4.69) is 154 Å². The van der Waals surface area contributed by atoms with Gasteiger partial charge in [-0.25, -0.2) is 4.98 Å². The molecule has 6 aromatic carbocycles. The van der Waals surface area contributed by atoms with E-state index in [1.807, 2.05) is 12.3 Å². The lowest BCUT2D eigenvalue weighted by atomic mass is 9.85. The molecule has 0 fully saturated rings. The molecule has 0 aliphatic rings. The summed E-state index contributed by atoms with van der Waals surface area (Å²) in [5, 5.41) is 4.92. The molecule has 0 radical (unpaired) electrons. The van der Waals surface area contributed by atoms with Crippen LogP contribution in [0, 0.1) is 0 Å². The van der Waals surface area contributed by atoms with Gasteiger partial charge in [-0.2, -0.15) is 0 Å². The van der Waals surface area contributed by atoms with Crippen LogP contribution in [0.4, 0.5) is 0 Å². The molecule has 2 heteroatoms. The lowest BCUT2D eigenvalue weighted by Crippen LogP contribution is -1.92. The summed E-state index contributed by atoms with van der Waals surface area (Å²) in [7, 11) is 0. The van der Waals surface area contributed by atoms with Gasteiger partial charge in [0, 0.05) is 11.8 Å². The van der Waals surface area contributed by atoms with Crippen molar-refractivity contribution >= 4 is 37.5 Å². The predicted molar refractivity (Wildman–Crippen MR) is 169 cm³/mol. The summed E-state index contributed by atoms with van der Waals surface area (Å²) in [6.45, 7) is 0. The van der Waals surface area contributed by atoms with E-state index in [4.69, 9.17) is 0 Å². The minimum atomic E-state index is 0.835. The molecule has 1 heterocycles. The van der Waals surface area contributed by atoms with Crippen LogP contribution in [0.15, 0.2) is 150 Å². The Balaban J connectivity index is 1.54. The molecule has 0 amide bonds. The fourth-order valence-corrected chi connectivity index (χ4v) is 5.83. The molecule has 0 bridgehead atoms. The van der Waals surface area contributed by atoms with E-state index in [1.165, 1.54) is 60.5 Å². The fourth-order valence-electron chi connectivity index (χ4n) is 5.59. The third-order valence-corrected chi connectivity index (χ3v) is 7.90. The van der Waals surface area contributed by atoms with Crippen LogP contribution in [0.3, 0.4) is 0 Å². The number of halogens is 1. The molecule has 0 saturated carbocycles. The minimum Gasteiger partial charge on any atom is -0.249 e. The summed E-state index contributed by atoms with van der Waals surface area (Å²) in [4.78, 5) is 4.57. The number of hydrogen-bond acceptors (Lipinski definition) is 1. The van der Waals surface area contributed by atoms with Gasteiger partial charge in [-0.15, -0.1) is 0 Å². The number of aromatic nitrogens is 1. The van der Waals surface area contributed by atoms with E-state index in [0.29, 0.717) is 0 Å². The van der Waals surface area contributed by atoms with E-state index in [1.54, 1.807) is 0 Å². The maximum absolute atomic E-state index is 4.57. The summed E-state index contributed by atoms with van der Waals surface area (Å²) in [5.74, 6) is 0. The van der Waals surface area contributed by atoms with Crippen molar-refractivity contribution in [3.63, 3.8) is 0 Å². The highest BCUT2D eigenvalue weighted by Gasteiger charge is 2.17. The van der Waals surface area contributed by atoms with Crippen molar-refractivity contribution in [1.29, 1.82) is 0 Å². The Morgan fingerprint density at radius 3 is 1.44 bits per heavy atom. The normalized spacial score (nSPS) is 11.2. The third-order valence-electron chi connectivity index (χ3n) is 7.43. The summed E-state index contributed by atoms with van der Waals surface area (Å²) in [5.41, 5.74) is 9.65. The number of nitrogens with zero attached hydrogens (tertiary/aromatic N) is 1. The Bertz CT molecular complexity index is 1930. The smallest absolute Gasteiger partial charge is 0.106 e. The fraction of sp³-hybridized carbons (Fsp3) is 0. The summed E-state index contributed by atoms with van der Waals surface area (Å²) < 4.78 is 0.835. The van der Waals surface area contributed by atoms with Crippen LogP contribution in [0.5, 0.6) is 0 Å². The lowest BCUT2D eigenvalue weighted by Gasteiger charge is -2.19. The summed E-state index contributed by atoms with van der Waals surface area (Å²) >= 11 is 3.51. The first-order chi connectivity index (χ1) is 19.3. The highest BCUT2D eigenvalue weighted by molar-refractivity contribution is 9.10. The van der Waals surface area contributed by atoms with Crippen molar-refractivity contribution in [3.8, 4) is 44.5 Å². The first-order valence-electron chi connectivity index (χ1n) is 13.1. The van der Waals surface area contributed by atoms with Crippen LogP contribution in [0.1, 0.15) is 0 Å². The van der Waals surface area contributed by atoms with Crippen molar-refractivity contribution in [2.24, 2.45) is 0 Å². The number of rotatable bonds is 4. The second-order valence-corrected chi connectivity index (χ2v) is 10.5. The molecule has 7 aromatic rings. The van der Waals surface area contributed by atoms with Crippen molar-refractivity contribution in [2.45, 2.75) is 0 Å². The van der Waals surface area contributed by atoms with E-state index >= 15 is 0 Å². The number of hydrogen-bond donors (Lipinski definition) is 0. The zero-order chi connectivity index (χ0) is 26.2. The maximum atomic E-state index is 4.57. The third kappa shape index (κ3) is 4.33. The molecular formula is C37H24BrN. The average Bonchev–Trinajstić information content (AvgIpc) is 3.01. The van der Waals surface area contributed by atoms with Crippen LogP contribution >= 0.6 is 15.9 Å². The molecule has 0 aliphatic heterocycles. The number of fused-ring (bicyclic) bond motifs is 2. The maximum Gasteiger partial charge on any atom is 0.106 e.